The minimum absolute atomic E-state index is 0.608. The van der Waals surface area contributed by atoms with Crippen LogP contribution in [0, 0.1) is 12.8 Å². The summed E-state index contributed by atoms with van der Waals surface area (Å²) in [5.74, 6) is 1.49. The van der Waals surface area contributed by atoms with Gasteiger partial charge in [-0.3, -0.25) is 0 Å². The Balaban J connectivity index is 2.24. The lowest BCUT2D eigenvalue weighted by Crippen LogP contribution is -2.19. The fourth-order valence-electron chi connectivity index (χ4n) is 2.22. The van der Waals surface area contributed by atoms with Gasteiger partial charge in [0.25, 0.3) is 0 Å². The molecule has 0 saturated carbocycles. The molecule has 16 heavy (non-hydrogen) atoms. The van der Waals surface area contributed by atoms with Gasteiger partial charge in [0.05, 0.1) is 0 Å². The maximum Gasteiger partial charge on any atom is 0.223 e. The Kier molecular flexibility index (Phi) is 3.39. The van der Waals surface area contributed by atoms with Crippen molar-refractivity contribution in [2.24, 2.45) is 11.7 Å². The van der Waals surface area contributed by atoms with E-state index in [4.69, 9.17) is 5.73 Å². The van der Waals surface area contributed by atoms with Crippen LogP contribution in [0.5, 0.6) is 0 Å². The molecule has 0 bridgehead atoms. The molecule has 1 aliphatic carbocycles. The van der Waals surface area contributed by atoms with Crippen LogP contribution in [0.25, 0.3) is 0 Å². The lowest BCUT2D eigenvalue weighted by molar-refractivity contribution is 0.490. The Morgan fingerprint density at radius 2 is 2.25 bits per heavy atom. The van der Waals surface area contributed by atoms with E-state index >= 15 is 0 Å². The van der Waals surface area contributed by atoms with E-state index in [9.17, 15) is 0 Å². The number of aryl methyl sites for hydroxylation is 2. The third-order valence-electron chi connectivity index (χ3n) is 3.15. The van der Waals surface area contributed by atoms with Crippen LogP contribution < -0.4 is 11.1 Å². The molecule has 0 saturated heterocycles. The molecular weight excluding hydrogens is 200 g/mol. The molecule has 2 rings (SSSR count). The maximum absolute atomic E-state index is 5.45. The van der Waals surface area contributed by atoms with Crippen molar-refractivity contribution in [3.8, 4) is 0 Å². The molecule has 0 spiro atoms. The van der Waals surface area contributed by atoms with Gasteiger partial charge < -0.3 is 11.1 Å². The summed E-state index contributed by atoms with van der Waals surface area (Å²) in [6.45, 7) is 5.71. The van der Waals surface area contributed by atoms with Crippen molar-refractivity contribution in [2.45, 2.75) is 33.1 Å². The Labute approximate surface area is 96.7 Å². The molecule has 0 aliphatic heterocycles. The second-order valence-electron chi connectivity index (χ2n) is 4.62. The maximum atomic E-state index is 5.45. The number of nitrogens with two attached hydrogens (primary N) is 1. The van der Waals surface area contributed by atoms with Gasteiger partial charge in [-0.2, -0.15) is 0 Å². The van der Waals surface area contributed by atoms with Crippen molar-refractivity contribution < 1.29 is 0 Å². The zero-order valence-electron chi connectivity index (χ0n) is 10.1. The van der Waals surface area contributed by atoms with Crippen LogP contribution >= 0.6 is 0 Å². The first-order chi connectivity index (χ1) is 7.70. The summed E-state index contributed by atoms with van der Waals surface area (Å²) in [4.78, 5) is 9.05. The first-order valence-electron chi connectivity index (χ1n) is 6.01. The van der Waals surface area contributed by atoms with Crippen LogP contribution in [0.4, 0.5) is 5.95 Å². The van der Waals surface area contributed by atoms with E-state index in [2.05, 4.69) is 29.1 Å². The number of rotatable bonds is 3. The van der Waals surface area contributed by atoms with E-state index < -0.39 is 0 Å². The van der Waals surface area contributed by atoms with Crippen LogP contribution in [0.15, 0.2) is 0 Å². The molecule has 4 heteroatoms. The monoisotopic (exact) mass is 220 g/mol. The van der Waals surface area contributed by atoms with Crippen molar-refractivity contribution in [1.82, 2.24) is 9.97 Å². The van der Waals surface area contributed by atoms with Crippen molar-refractivity contribution in [3.05, 3.63) is 17.0 Å². The lowest BCUT2D eigenvalue weighted by Gasteiger charge is -2.22. The van der Waals surface area contributed by atoms with Crippen molar-refractivity contribution in [3.63, 3.8) is 0 Å². The second kappa shape index (κ2) is 4.78. The summed E-state index contributed by atoms with van der Waals surface area (Å²) < 4.78 is 0. The summed E-state index contributed by atoms with van der Waals surface area (Å²) in [6.07, 6.45) is 3.44. The first-order valence-corrected chi connectivity index (χ1v) is 6.01. The van der Waals surface area contributed by atoms with Crippen LogP contribution in [-0.4, -0.2) is 23.1 Å². The number of nitrogens with one attached hydrogen (secondary N) is 1. The standard InChI is InChI=1S/C12H20N4/c1-8-3-4-11-10(7-8)9(2)15-12(16-11)14-6-5-13/h8H,3-7,13H2,1-2H3,(H,14,15,16). The molecule has 1 heterocycles. The molecule has 3 N–H and O–H groups in total. The average molecular weight is 220 g/mol. The predicted octanol–water partition coefficient (Wildman–Crippen LogP) is 1.28. The van der Waals surface area contributed by atoms with Crippen molar-refractivity contribution in [1.29, 1.82) is 0 Å². The predicted molar refractivity (Wildman–Crippen MR) is 65.5 cm³/mol. The van der Waals surface area contributed by atoms with E-state index in [1.54, 1.807) is 0 Å². The summed E-state index contributed by atoms with van der Waals surface area (Å²) in [7, 11) is 0. The van der Waals surface area contributed by atoms with E-state index in [-0.39, 0.29) is 0 Å². The fourth-order valence-corrected chi connectivity index (χ4v) is 2.22. The minimum atomic E-state index is 0.608. The van der Waals surface area contributed by atoms with Crippen LogP contribution in [0.3, 0.4) is 0 Å². The lowest BCUT2D eigenvalue weighted by atomic mass is 9.87. The van der Waals surface area contributed by atoms with E-state index in [1.807, 2.05) is 0 Å². The summed E-state index contributed by atoms with van der Waals surface area (Å²) >= 11 is 0. The Bertz CT molecular complexity index is 376. The second-order valence-corrected chi connectivity index (χ2v) is 4.62. The van der Waals surface area contributed by atoms with Crippen LogP contribution in [-0.2, 0) is 12.8 Å². The smallest absolute Gasteiger partial charge is 0.223 e. The number of anilines is 1. The highest BCUT2D eigenvalue weighted by molar-refractivity contribution is 5.35. The van der Waals surface area contributed by atoms with E-state index in [0.717, 1.165) is 36.9 Å². The Morgan fingerprint density at radius 3 is 3.00 bits per heavy atom. The molecule has 0 aromatic carbocycles. The third kappa shape index (κ3) is 2.32. The van der Waals surface area contributed by atoms with Gasteiger partial charge in [0, 0.05) is 24.5 Å². The Morgan fingerprint density at radius 1 is 1.44 bits per heavy atom. The molecule has 1 atom stereocenters. The van der Waals surface area contributed by atoms with Gasteiger partial charge in [-0.05, 0) is 37.7 Å². The fraction of sp³-hybridized carbons (Fsp3) is 0.667. The highest BCUT2D eigenvalue weighted by atomic mass is 15.1. The van der Waals surface area contributed by atoms with Crippen LogP contribution in [0.2, 0.25) is 0 Å². The topological polar surface area (TPSA) is 63.8 Å². The van der Waals surface area contributed by atoms with Gasteiger partial charge in [-0.15, -0.1) is 0 Å². The molecule has 1 aliphatic rings. The molecule has 1 aromatic heterocycles. The zero-order chi connectivity index (χ0) is 11.5. The van der Waals surface area contributed by atoms with Gasteiger partial charge >= 0.3 is 0 Å². The highest BCUT2D eigenvalue weighted by Crippen LogP contribution is 2.26. The quantitative estimate of drug-likeness (QED) is 0.805. The number of hydrogen-bond donors (Lipinski definition) is 2. The molecule has 0 fully saturated rings. The molecule has 0 radical (unpaired) electrons. The summed E-state index contributed by atoms with van der Waals surface area (Å²) in [5, 5.41) is 3.15. The van der Waals surface area contributed by atoms with Gasteiger partial charge in [0.1, 0.15) is 0 Å². The van der Waals surface area contributed by atoms with Gasteiger partial charge in [0.2, 0.25) is 5.95 Å². The molecule has 1 unspecified atom stereocenters. The van der Waals surface area contributed by atoms with Gasteiger partial charge in [-0.1, -0.05) is 6.92 Å². The normalized spacial score (nSPS) is 19.3. The molecule has 1 aromatic rings. The van der Waals surface area contributed by atoms with Crippen molar-refractivity contribution >= 4 is 5.95 Å². The van der Waals surface area contributed by atoms with E-state index in [0.29, 0.717) is 6.54 Å². The minimum Gasteiger partial charge on any atom is -0.353 e. The summed E-state index contributed by atoms with van der Waals surface area (Å²) in [6, 6.07) is 0. The highest BCUT2D eigenvalue weighted by Gasteiger charge is 2.19. The zero-order valence-corrected chi connectivity index (χ0v) is 10.1. The molecule has 0 amide bonds. The first kappa shape index (κ1) is 11.3. The number of nitrogens with zero attached hydrogens (tertiary/aromatic N) is 2. The SMILES string of the molecule is Cc1nc(NCCN)nc2c1CC(C)CC2. The summed E-state index contributed by atoms with van der Waals surface area (Å²) in [5.41, 5.74) is 9.16. The largest absolute Gasteiger partial charge is 0.353 e. The molecule has 4 nitrogen and oxygen atoms in total. The van der Waals surface area contributed by atoms with Gasteiger partial charge in [0.15, 0.2) is 0 Å². The van der Waals surface area contributed by atoms with E-state index in [1.165, 1.54) is 17.7 Å². The third-order valence-corrected chi connectivity index (χ3v) is 3.15. The number of fused-ring (bicyclic) bond motifs is 1. The average Bonchev–Trinajstić information content (AvgIpc) is 2.27. The van der Waals surface area contributed by atoms with Crippen molar-refractivity contribution in [2.75, 3.05) is 18.4 Å². The molecule has 88 valence electrons. The number of hydrogen-bond acceptors (Lipinski definition) is 4. The number of aromatic nitrogens is 2. The van der Waals surface area contributed by atoms with Gasteiger partial charge in [-0.25, -0.2) is 9.97 Å². The van der Waals surface area contributed by atoms with Crippen LogP contribution in [0.1, 0.15) is 30.3 Å². The molecular formula is C12H20N4. The Hall–Kier alpha value is -1.16.